The van der Waals surface area contributed by atoms with Crippen molar-refractivity contribution in [3.63, 3.8) is 0 Å². The third-order valence-corrected chi connectivity index (χ3v) is 5.01. The first-order valence-corrected chi connectivity index (χ1v) is 8.03. The van der Waals surface area contributed by atoms with Gasteiger partial charge in [0.05, 0.1) is 0 Å². The van der Waals surface area contributed by atoms with Gasteiger partial charge in [-0.1, -0.05) is 51.4 Å². The fraction of sp³-hybridized carbons (Fsp3) is 0.938. The molecular formula is C16H29NO. The molecule has 2 nitrogen and oxygen atoms in total. The number of rotatable bonds is 4. The molecule has 0 N–H and O–H groups in total. The standard InChI is InChI=1S/C16H29NO/c1-17(15-10-6-3-7-11-15)16(18)13-12-14-8-4-2-5-9-14/h14-15H,2-13H2,1H3. The third-order valence-electron chi connectivity index (χ3n) is 5.01. The molecule has 104 valence electrons. The number of hydrogen-bond acceptors (Lipinski definition) is 1. The van der Waals surface area contributed by atoms with E-state index < -0.39 is 0 Å². The molecule has 0 bridgehead atoms. The van der Waals surface area contributed by atoms with Crippen LogP contribution in [-0.4, -0.2) is 23.9 Å². The fourth-order valence-corrected chi connectivity index (χ4v) is 3.65. The van der Waals surface area contributed by atoms with E-state index in [-0.39, 0.29) is 0 Å². The minimum atomic E-state index is 0.396. The highest BCUT2D eigenvalue weighted by Gasteiger charge is 2.22. The molecule has 0 aromatic heterocycles. The van der Waals surface area contributed by atoms with Crippen LogP contribution in [0.5, 0.6) is 0 Å². The van der Waals surface area contributed by atoms with Crippen molar-refractivity contribution in [2.24, 2.45) is 5.92 Å². The monoisotopic (exact) mass is 251 g/mol. The first-order chi connectivity index (χ1) is 8.77. The molecule has 1 amide bonds. The van der Waals surface area contributed by atoms with E-state index in [1.54, 1.807) is 0 Å². The van der Waals surface area contributed by atoms with Crippen molar-refractivity contribution in [2.45, 2.75) is 83.1 Å². The maximum Gasteiger partial charge on any atom is 0.222 e. The molecule has 2 aliphatic carbocycles. The molecule has 0 aliphatic heterocycles. The normalized spacial score (nSPS) is 22.9. The molecule has 2 heteroatoms. The van der Waals surface area contributed by atoms with Gasteiger partial charge >= 0.3 is 0 Å². The second-order valence-corrected chi connectivity index (χ2v) is 6.34. The summed E-state index contributed by atoms with van der Waals surface area (Å²) in [5, 5.41) is 0. The van der Waals surface area contributed by atoms with Crippen LogP contribution in [0.4, 0.5) is 0 Å². The van der Waals surface area contributed by atoms with Gasteiger partial charge < -0.3 is 4.90 Å². The highest BCUT2D eigenvalue weighted by atomic mass is 16.2. The van der Waals surface area contributed by atoms with Gasteiger partial charge in [-0.05, 0) is 25.2 Å². The molecule has 0 atom stereocenters. The minimum absolute atomic E-state index is 0.396. The van der Waals surface area contributed by atoms with Crippen molar-refractivity contribution in [2.75, 3.05) is 7.05 Å². The largest absolute Gasteiger partial charge is 0.343 e. The predicted octanol–water partition coefficient (Wildman–Crippen LogP) is 4.14. The molecular weight excluding hydrogens is 222 g/mol. The Balaban J connectivity index is 1.69. The molecule has 0 saturated heterocycles. The van der Waals surface area contributed by atoms with Crippen molar-refractivity contribution in [1.82, 2.24) is 4.90 Å². The zero-order valence-corrected chi connectivity index (χ0v) is 12.0. The maximum atomic E-state index is 12.2. The SMILES string of the molecule is CN(C(=O)CCC1CCCCC1)C1CCCCC1. The summed E-state index contributed by atoms with van der Waals surface area (Å²) in [6.07, 6.45) is 15.3. The molecule has 2 rings (SSSR count). The Morgan fingerprint density at radius 2 is 1.50 bits per heavy atom. The summed E-state index contributed by atoms with van der Waals surface area (Å²) < 4.78 is 0. The van der Waals surface area contributed by atoms with Crippen molar-refractivity contribution >= 4 is 5.91 Å². The van der Waals surface area contributed by atoms with E-state index in [4.69, 9.17) is 0 Å². The summed E-state index contributed by atoms with van der Waals surface area (Å²) in [5.41, 5.74) is 0. The van der Waals surface area contributed by atoms with Gasteiger partial charge in [-0.25, -0.2) is 0 Å². The topological polar surface area (TPSA) is 20.3 Å². The zero-order valence-electron chi connectivity index (χ0n) is 12.0. The quantitative estimate of drug-likeness (QED) is 0.735. The Kier molecular flexibility index (Phi) is 5.52. The molecule has 0 aromatic rings. The van der Waals surface area contributed by atoms with Crippen molar-refractivity contribution in [3.05, 3.63) is 0 Å². The summed E-state index contributed by atoms with van der Waals surface area (Å²) in [4.78, 5) is 14.3. The first-order valence-electron chi connectivity index (χ1n) is 8.03. The van der Waals surface area contributed by atoms with Gasteiger partial charge in [0.1, 0.15) is 0 Å². The van der Waals surface area contributed by atoms with E-state index in [9.17, 15) is 4.79 Å². The molecule has 0 heterocycles. The van der Waals surface area contributed by atoms with E-state index in [2.05, 4.69) is 4.90 Å². The summed E-state index contributed by atoms with van der Waals surface area (Å²) >= 11 is 0. The lowest BCUT2D eigenvalue weighted by atomic mass is 9.86. The van der Waals surface area contributed by atoms with Crippen LogP contribution in [0.3, 0.4) is 0 Å². The molecule has 0 unspecified atom stereocenters. The van der Waals surface area contributed by atoms with E-state index in [1.807, 2.05) is 7.05 Å². The fourth-order valence-electron chi connectivity index (χ4n) is 3.65. The van der Waals surface area contributed by atoms with E-state index >= 15 is 0 Å². The van der Waals surface area contributed by atoms with Crippen LogP contribution in [0.2, 0.25) is 0 Å². The number of carbonyl (C=O) groups excluding carboxylic acids is 1. The summed E-state index contributed by atoms with van der Waals surface area (Å²) in [5.74, 6) is 1.23. The average Bonchev–Trinajstić information content (AvgIpc) is 2.46. The van der Waals surface area contributed by atoms with Gasteiger partial charge in [-0.15, -0.1) is 0 Å². The van der Waals surface area contributed by atoms with Crippen LogP contribution in [0.15, 0.2) is 0 Å². The Hall–Kier alpha value is -0.530. The second-order valence-electron chi connectivity index (χ2n) is 6.34. The number of hydrogen-bond donors (Lipinski definition) is 0. The number of carbonyl (C=O) groups is 1. The van der Waals surface area contributed by atoms with Crippen molar-refractivity contribution in [3.8, 4) is 0 Å². The molecule has 0 radical (unpaired) electrons. The minimum Gasteiger partial charge on any atom is -0.343 e. The van der Waals surface area contributed by atoms with Crippen LogP contribution >= 0.6 is 0 Å². The highest BCUT2D eigenvalue weighted by Crippen LogP contribution is 2.28. The lowest BCUT2D eigenvalue weighted by Gasteiger charge is -2.32. The van der Waals surface area contributed by atoms with Gasteiger partial charge in [-0.3, -0.25) is 4.79 Å². The molecule has 2 fully saturated rings. The number of amides is 1. The second kappa shape index (κ2) is 7.16. The van der Waals surface area contributed by atoms with Crippen LogP contribution < -0.4 is 0 Å². The van der Waals surface area contributed by atoms with E-state index in [0.717, 1.165) is 18.8 Å². The van der Waals surface area contributed by atoms with Crippen LogP contribution in [0.25, 0.3) is 0 Å². The Labute approximate surface area is 112 Å². The zero-order chi connectivity index (χ0) is 12.8. The molecule has 2 aliphatic rings. The van der Waals surface area contributed by atoms with Gasteiger partial charge in [0.2, 0.25) is 5.91 Å². The van der Waals surface area contributed by atoms with E-state index in [1.165, 1.54) is 64.2 Å². The summed E-state index contributed by atoms with van der Waals surface area (Å²) in [7, 11) is 2.03. The lowest BCUT2D eigenvalue weighted by molar-refractivity contribution is -0.132. The molecule has 0 spiro atoms. The van der Waals surface area contributed by atoms with E-state index in [0.29, 0.717) is 11.9 Å². The van der Waals surface area contributed by atoms with Gasteiger partial charge in [0.25, 0.3) is 0 Å². The highest BCUT2D eigenvalue weighted by molar-refractivity contribution is 5.76. The van der Waals surface area contributed by atoms with Crippen LogP contribution in [-0.2, 0) is 4.79 Å². The average molecular weight is 251 g/mol. The maximum absolute atomic E-state index is 12.2. The Bertz CT molecular complexity index is 252. The van der Waals surface area contributed by atoms with Crippen LogP contribution in [0.1, 0.15) is 77.0 Å². The molecule has 18 heavy (non-hydrogen) atoms. The molecule has 0 aromatic carbocycles. The Morgan fingerprint density at radius 1 is 0.944 bits per heavy atom. The van der Waals surface area contributed by atoms with Gasteiger partial charge in [0, 0.05) is 19.5 Å². The lowest BCUT2D eigenvalue weighted by Crippen LogP contribution is -2.38. The smallest absolute Gasteiger partial charge is 0.222 e. The van der Waals surface area contributed by atoms with Gasteiger partial charge in [-0.2, -0.15) is 0 Å². The van der Waals surface area contributed by atoms with Gasteiger partial charge in [0.15, 0.2) is 0 Å². The van der Waals surface area contributed by atoms with Crippen molar-refractivity contribution < 1.29 is 4.79 Å². The van der Waals surface area contributed by atoms with Crippen molar-refractivity contribution in [1.29, 1.82) is 0 Å². The third kappa shape index (κ3) is 4.00. The predicted molar refractivity (Wildman–Crippen MR) is 75.5 cm³/mol. The Morgan fingerprint density at radius 3 is 2.11 bits per heavy atom. The molecule has 2 saturated carbocycles. The van der Waals surface area contributed by atoms with Crippen LogP contribution in [0, 0.1) is 5.92 Å². The number of nitrogens with zero attached hydrogens (tertiary/aromatic N) is 1. The first kappa shape index (κ1) is 13.9. The summed E-state index contributed by atoms with van der Waals surface area (Å²) in [6.45, 7) is 0. The summed E-state index contributed by atoms with van der Waals surface area (Å²) in [6, 6.07) is 0.539.